The molecule has 0 atom stereocenters. The number of allylic oxidation sites excluding steroid dienone is 1. The molecule has 1 heteroatoms. The van der Waals surface area contributed by atoms with Gasteiger partial charge in [0.15, 0.2) is 0 Å². The van der Waals surface area contributed by atoms with E-state index in [1.54, 1.807) is 0 Å². The van der Waals surface area contributed by atoms with Gasteiger partial charge in [0, 0.05) is 6.61 Å². The van der Waals surface area contributed by atoms with E-state index in [1.807, 2.05) is 6.08 Å². The Morgan fingerprint density at radius 1 is 1.36 bits per heavy atom. The third-order valence-corrected chi connectivity index (χ3v) is 2.46. The van der Waals surface area contributed by atoms with Crippen LogP contribution in [0.15, 0.2) is 30.4 Å². The van der Waals surface area contributed by atoms with Gasteiger partial charge in [0.2, 0.25) is 0 Å². The van der Waals surface area contributed by atoms with Gasteiger partial charge in [-0.3, -0.25) is 0 Å². The summed E-state index contributed by atoms with van der Waals surface area (Å²) in [5.74, 6) is 0. The number of benzene rings is 1. The van der Waals surface area contributed by atoms with E-state index in [1.165, 1.54) is 16.7 Å². The van der Waals surface area contributed by atoms with Gasteiger partial charge in [0.25, 0.3) is 0 Å². The molecule has 0 saturated carbocycles. The minimum atomic E-state index is 0.226. The Bertz CT molecular complexity index is 375. The van der Waals surface area contributed by atoms with E-state index in [9.17, 15) is 0 Å². The molecule has 1 aliphatic carbocycles. The fraction of sp³-hybridized carbons (Fsp3) is 0.231. The second-order valence-corrected chi connectivity index (χ2v) is 3.44. The highest BCUT2D eigenvalue weighted by Gasteiger charge is 2.06. The molecule has 1 aromatic rings. The first-order chi connectivity index (χ1) is 6.92. The number of aliphatic hydroxyl groups is 1. The van der Waals surface area contributed by atoms with E-state index in [0.29, 0.717) is 0 Å². The van der Waals surface area contributed by atoms with Crippen molar-refractivity contribution in [3.63, 3.8) is 0 Å². The molecule has 0 fully saturated rings. The molecule has 0 radical (unpaired) electrons. The van der Waals surface area contributed by atoms with Gasteiger partial charge in [-0.05, 0) is 29.5 Å². The molecular formula is C13H14O. The molecule has 0 amide bonds. The van der Waals surface area contributed by atoms with Crippen LogP contribution in [0.25, 0.3) is 12.2 Å². The number of hydrogen-bond donors (Lipinski definition) is 1. The summed E-state index contributed by atoms with van der Waals surface area (Å²) in [4.78, 5) is 0. The smallest absolute Gasteiger partial charge is 0.0465 e. The predicted molar refractivity (Wildman–Crippen MR) is 59.9 cm³/mol. The van der Waals surface area contributed by atoms with Gasteiger partial charge < -0.3 is 5.11 Å². The van der Waals surface area contributed by atoms with Gasteiger partial charge in [0.05, 0.1) is 0 Å². The lowest BCUT2D eigenvalue weighted by Crippen LogP contribution is -1.86. The van der Waals surface area contributed by atoms with Crippen LogP contribution < -0.4 is 0 Å². The van der Waals surface area contributed by atoms with Gasteiger partial charge in [-0.25, -0.2) is 0 Å². The normalized spacial score (nSPS) is 13.8. The molecule has 0 bridgehead atoms. The maximum absolute atomic E-state index is 8.67. The lowest BCUT2D eigenvalue weighted by molar-refractivity contribution is 0.303. The molecule has 0 saturated heterocycles. The van der Waals surface area contributed by atoms with E-state index >= 15 is 0 Å². The Hall–Kier alpha value is -1.34. The number of rotatable bonds is 3. The van der Waals surface area contributed by atoms with E-state index in [2.05, 4.69) is 36.4 Å². The Morgan fingerprint density at radius 2 is 2.29 bits per heavy atom. The minimum Gasteiger partial charge on any atom is -0.396 e. The van der Waals surface area contributed by atoms with Gasteiger partial charge in [-0.1, -0.05) is 42.5 Å². The van der Waals surface area contributed by atoms with Crippen LogP contribution in [0, 0.1) is 0 Å². The van der Waals surface area contributed by atoms with Crippen molar-refractivity contribution in [2.24, 2.45) is 0 Å². The summed E-state index contributed by atoms with van der Waals surface area (Å²) in [6, 6.07) is 6.34. The van der Waals surface area contributed by atoms with Crippen LogP contribution >= 0.6 is 0 Å². The second-order valence-electron chi connectivity index (χ2n) is 3.44. The molecule has 1 nitrogen and oxygen atoms in total. The van der Waals surface area contributed by atoms with Crippen molar-refractivity contribution in [1.82, 2.24) is 0 Å². The Balaban J connectivity index is 2.23. The zero-order valence-electron chi connectivity index (χ0n) is 8.11. The lowest BCUT2D eigenvalue weighted by atomic mass is 10.0. The van der Waals surface area contributed by atoms with Gasteiger partial charge in [-0.15, -0.1) is 0 Å². The monoisotopic (exact) mass is 186 g/mol. The quantitative estimate of drug-likeness (QED) is 0.769. The minimum absolute atomic E-state index is 0.226. The maximum Gasteiger partial charge on any atom is 0.0465 e. The molecular weight excluding hydrogens is 172 g/mol. The molecule has 1 aromatic carbocycles. The molecule has 1 aliphatic rings. The van der Waals surface area contributed by atoms with E-state index < -0.39 is 0 Å². The highest BCUT2D eigenvalue weighted by molar-refractivity contribution is 5.67. The summed E-state index contributed by atoms with van der Waals surface area (Å²) in [6.45, 7) is 0.226. The Labute approximate surface area is 84.4 Å². The van der Waals surface area contributed by atoms with E-state index in [0.717, 1.165) is 12.8 Å². The van der Waals surface area contributed by atoms with Crippen molar-refractivity contribution in [2.75, 3.05) is 6.61 Å². The fourth-order valence-corrected chi connectivity index (χ4v) is 1.76. The first-order valence-electron chi connectivity index (χ1n) is 4.97. The molecule has 0 aromatic heterocycles. The van der Waals surface area contributed by atoms with Gasteiger partial charge in [0.1, 0.15) is 0 Å². The third-order valence-electron chi connectivity index (χ3n) is 2.46. The highest BCUT2D eigenvalue weighted by Crippen LogP contribution is 2.23. The standard InChI is InChI=1S/C13H14O/c14-10-2-1-5-11-6-3-7-12-8-4-9-13(11)12/h1,3-8,14H,2,9-10H2. The fourth-order valence-electron chi connectivity index (χ4n) is 1.76. The van der Waals surface area contributed by atoms with E-state index in [4.69, 9.17) is 5.11 Å². The van der Waals surface area contributed by atoms with E-state index in [-0.39, 0.29) is 6.61 Å². The zero-order chi connectivity index (χ0) is 9.80. The summed E-state index contributed by atoms with van der Waals surface area (Å²) in [5, 5.41) is 8.67. The summed E-state index contributed by atoms with van der Waals surface area (Å²) in [6.07, 6.45) is 10.2. The molecule has 0 aliphatic heterocycles. The highest BCUT2D eigenvalue weighted by atomic mass is 16.2. The van der Waals surface area contributed by atoms with Crippen molar-refractivity contribution in [3.8, 4) is 0 Å². The maximum atomic E-state index is 8.67. The summed E-state index contributed by atoms with van der Waals surface area (Å²) < 4.78 is 0. The van der Waals surface area contributed by atoms with Crippen LogP contribution in [0.3, 0.4) is 0 Å². The van der Waals surface area contributed by atoms with Crippen LogP contribution in [0.2, 0.25) is 0 Å². The van der Waals surface area contributed by atoms with Crippen LogP contribution in [0.5, 0.6) is 0 Å². The molecule has 0 unspecified atom stereocenters. The first kappa shape index (κ1) is 9.22. The largest absolute Gasteiger partial charge is 0.396 e. The third kappa shape index (κ3) is 1.78. The molecule has 2 rings (SSSR count). The van der Waals surface area contributed by atoms with Crippen molar-refractivity contribution in [1.29, 1.82) is 0 Å². The zero-order valence-corrected chi connectivity index (χ0v) is 8.11. The van der Waals surface area contributed by atoms with Crippen molar-refractivity contribution < 1.29 is 5.11 Å². The molecule has 72 valence electrons. The molecule has 0 heterocycles. The molecule has 0 spiro atoms. The summed E-state index contributed by atoms with van der Waals surface area (Å²) in [7, 11) is 0. The average Bonchev–Trinajstić information content (AvgIpc) is 2.67. The van der Waals surface area contributed by atoms with Crippen molar-refractivity contribution >= 4 is 12.2 Å². The Kier molecular flexibility index (Phi) is 2.80. The lowest BCUT2D eigenvalue weighted by Gasteiger charge is -2.03. The van der Waals surface area contributed by atoms with Gasteiger partial charge >= 0.3 is 0 Å². The molecule has 1 N–H and O–H groups in total. The van der Waals surface area contributed by atoms with Crippen LogP contribution in [0.1, 0.15) is 23.1 Å². The van der Waals surface area contributed by atoms with Crippen LogP contribution in [0.4, 0.5) is 0 Å². The second kappa shape index (κ2) is 4.25. The number of fused-ring (bicyclic) bond motifs is 1. The number of hydrogen-bond acceptors (Lipinski definition) is 1. The van der Waals surface area contributed by atoms with Crippen molar-refractivity contribution in [2.45, 2.75) is 12.8 Å². The SMILES string of the molecule is OCCC=Cc1cccc2c1CC=C2. The summed E-state index contributed by atoms with van der Waals surface area (Å²) >= 11 is 0. The van der Waals surface area contributed by atoms with Gasteiger partial charge in [-0.2, -0.15) is 0 Å². The van der Waals surface area contributed by atoms with Crippen LogP contribution in [-0.4, -0.2) is 11.7 Å². The average molecular weight is 186 g/mol. The first-order valence-corrected chi connectivity index (χ1v) is 4.97. The Morgan fingerprint density at radius 3 is 3.14 bits per heavy atom. The topological polar surface area (TPSA) is 20.2 Å². The number of aliphatic hydroxyl groups excluding tert-OH is 1. The van der Waals surface area contributed by atoms with Crippen molar-refractivity contribution in [3.05, 3.63) is 47.0 Å². The predicted octanol–water partition coefficient (Wildman–Crippen LogP) is 2.65. The molecule has 14 heavy (non-hydrogen) atoms. The summed E-state index contributed by atoms with van der Waals surface area (Å²) in [5.41, 5.74) is 4.01. The van der Waals surface area contributed by atoms with Crippen LogP contribution in [-0.2, 0) is 6.42 Å².